The van der Waals surface area contributed by atoms with E-state index in [1.807, 2.05) is 0 Å². The highest BCUT2D eigenvalue weighted by molar-refractivity contribution is 9.09. The Labute approximate surface area is 121 Å². The van der Waals surface area contributed by atoms with E-state index in [1.165, 1.54) is 4.90 Å². The molecular weight excluding hydrogens is 316 g/mol. The Bertz CT molecular complexity index is 392. The standard InChI is InChI=1S/C12H19BrN2O4/c1-12(2,3)19-9(16)5-6-15-10(17)8(7-13)14(4)11(15)18/h8H,5-7H2,1-4H3. The van der Waals surface area contributed by atoms with Gasteiger partial charge in [0.2, 0.25) is 0 Å². The average molecular weight is 335 g/mol. The van der Waals surface area contributed by atoms with Gasteiger partial charge in [-0.3, -0.25) is 14.5 Å². The highest BCUT2D eigenvalue weighted by atomic mass is 79.9. The van der Waals surface area contributed by atoms with Crippen molar-refractivity contribution in [3.63, 3.8) is 0 Å². The molecule has 1 unspecified atom stereocenters. The first-order valence-electron chi connectivity index (χ1n) is 6.03. The number of halogens is 1. The van der Waals surface area contributed by atoms with Crippen molar-refractivity contribution >= 4 is 33.8 Å². The van der Waals surface area contributed by atoms with Crippen LogP contribution >= 0.6 is 15.9 Å². The maximum Gasteiger partial charge on any atom is 0.327 e. The smallest absolute Gasteiger partial charge is 0.327 e. The molecule has 1 fully saturated rings. The molecule has 6 nitrogen and oxygen atoms in total. The maximum atomic E-state index is 11.9. The zero-order valence-corrected chi connectivity index (χ0v) is 13.2. The number of likely N-dealkylation sites (N-methyl/N-ethyl adjacent to an activating group) is 1. The van der Waals surface area contributed by atoms with E-state index in [-0.39, 0.29) is 24.9 Å². The van der Waals surface area contributed by atoms with E-state index in [2.05, 4.69) is 15.9 Å². The topological polar surface area (TPSA) is 66.9 Å². The lowest BCUT2D eigenvalue weighted by molar-refractivity contribution is -0.155. The number of hydrogen-bond acceptors (Lipinski definition) is 4. The van der Waals surface area contributed by atoms with Crippen molar-refractivity contribution in [2.75, 3.05) is 18.9 Å². The van der Waals surface area contributed by atoms with E-state index >= 15 is 0 Å². The summed E-state index contributed by atoms with van der Waals surface area (Å²) in [7, 11) is 1.57. The Morgan fingerprint density at radius 2 is 1.95 bits per heavy atom. The number of nitrogens with zero attached hydrogens (tertiary/aromatic N) is 2. The third-order valence-corrected chi connectivity index (χ3v) is 3.27. The number of ether oxygens (including phenoxy) is 1. The first-order valence-corrected chi connectivity index (χ1v) is 7.15. The Kier molecular flexibility index (Phi) is 4.95. The van der Waals surface area contributed by atoms with Gasteiger partial charge in [0.25, 0.3) is 5.91 Å². The largest absolute Gasteiger partial charge is 0.460 e. The minimum atomic E-state index is -0.564. The van der Waals surface area contributed by atoms with Crippen molar-refractivity contribution in [3.8, 4) is 0 Å². The van der Waals surface area contributed by atoms with Crippen LogP contribution < -0.4 is 0 Å². The SMILES string of the molecule is CN1C(=O)N(CCC(=O)OC(C)(C)C)C(=O)C1CBr. The number of esters is 1. The second-order valence-electron chi connectivity index (χ2n) is 5.39. The van der Waals surface area contributed by atoms with Gasteiger partial charge in [-0.05, 0) is 20.8 Å². The molecule has 0 radical (unpaired) electrons. The summed E-state index contributed by atoms with van der Waals surface area (Å²) in [5.41, 5.74) is -0.564. The first kappa shape index (κ1) is 15.9. The van der Waals surface area contributed by atoms with Crippen LogP contribution in [0.25, 0.3) is 0 Å². The van der Waals surface area contributed by atoms with Crippen LogP contribution in [0.1, 0.15) is 27.2 Å². The Hall–Kier alpha value is -1.11. The summed E-state index contributed by atoms with van der Waals surface area (Å²) >= 11 is 3.20. The molecule has 108 valence electrons. The van der Waals surface area contributed by atoms with Crippen LogP contribution in [-0.4, -0.2) is 58.3 Å². The van der Waals surface area contributed by atoms with Crippen LogP contribution in [0, 0.1) is 0 Å². The van der Waals surface area contributed by atoms with Crippen molar-refractivity contribution < 1.29 is 19.1 Å². The third-order valence-electron chi connectivity index (χ3n) is 2.66. The average Bonchev–Trinajstić information content (AvgIpc) is 2.46. The highest BCUT2D eigenvalue weighted by Gasteiger charge is 2.42. The van der Waals surface area contributed by atoms with Crippen LogP contribution in [0.2, 0.25) is 0 Å². The van der Waals surface area contributed by atoms with Gasteiger partial charge in [0.1, 0.15) is 11.6 Å². The number of alkyl halides is 1. The Morgan fingerprint density at radius 1 is 1.37 bits per heavy atom. The van der Waals surface area contributed by atoms with Crippen molar-refractivity contribution in [2.45, 2.75) is 38.8 Å². The maximum absolute atomic E-state index is 11.9. The van der Waals surface area contributed by atoms with Gasteiger partial charge in [-0.25, -0.2) is 4.79 Å². The molecule has 1 atom stereocenters. The van der Waals surface area contributed by atoms with Gasteiger partial charge in [0, 0.05) is 18.9 Å². The molecule has 1 rings (SSSR count). The number of rotatable bonds is 4. The van der Waals surface area contributed by atoms with E-state index in [0.29, 0.717) is 5.33 Å². The van der Waals surface area contributed by atoms with Crippen LogP contribution in [0.15, 0.2) is 0 Å². The van der Waals surface area contributed by atoms with Crippen molar-refractivity contribution in [3.05, 3.63) is 0 Å². The van der Waals surface area contributed by atoms with Gasteiger partial charge < -0.3 is 9.64 Å². The summed E-state index contributed by atoms with van der Waals surface area (Å²) in [4.78, 5) is 37.8. The second kappa shape index (κ2) is 5.90. The van der Waals surface area contributed by atoms with Crippen molar-refractivity contribution in [2.24, 2.45) is 0 Å². The fourth-order valence-corrected chi connectivity index (χ4v) is 2.45. The minimum absolute atomic E-state index is 0.0115. The van der Waals surface area contributed by atoms with Crippen LogP contribution in [-0.2, 0) is 14.3 Å². The van der Waals surface area contributed by atoms with Crippen molar-refractivity contribution in [1.29, 1.82) is 0 Å². The highest BCUT2D eigenvalue weighted by Crippen LogP contribution is 2.18. The fourth-order valence-electron chi connectivity index (χ4n) is 1.73. The zero-order chi connectivity index (χ0) is 14.8. The van der Waals surface area contributed by atoms with Gasteiger partial charge in [-0.15, -0.1) is 0 Å². The molecule has 3 amide bonds. The molecule has 1 saturated heterocycles. The number of hydrogen-bond donors (Lipinski definition) is 0. The molecule has 1 heterocycles. The quantitative estimate of drug-likeness (QED) is 0.442. The molecule has 19 heavy (non-hydrogen) atoms. The molecule has 0 bridgehead atoms. The lowest BCUT2D eigenvalue weighted by Crippen LogP contribution is -2.35. The molecule has 1 aliphatic heterocycles. The third kappa shape index (κ3) is 3.92. The van der Waals surface area contributed by atoms with Gasteiger partial charge in [-0.2, -0.15) is 0 Å². The van der Waals surface area contributed by atoms with Crippen LogP contribution in [0.3, 0.4) is 0 Å². The minimum Gasteiger partial charge on any atom is -0.460 e. The number of carbonyl (C=O) groups is 3. The second-order valence-corrected chi connectivity index (χ2v) is 6.04. The van der Waals surface area contributed by atoms with E-state index in [0.717, 1.165) is 4.90 Å². The predicted molar refractivity (Wildman–Crippen MR) is 72.9 cm³/mol. The summed E-state index contributed by atoms with van der Waals surface area (Å²) in [5.74, 6) is -0.703. The Morgan fingerprint density at radius 3 is 2.37 bits per heavy atom. The van der Waals surface area contributed by atoms with Gasteiger partial charge >= 0.3 is 12.0 Å². The molecule has 0 aliphatic carbocycles. The number of urea groups is 1. The molecule has 7 heteroatoms. The summed E-state index contributed by atoms with van der Waals surface area (Å²) in [6.07, 6.45) is 0.0115. The van der Waals surface area contributed by atoms with Crippen LogP contribution in [0.4, 0.5) is 4.79 Å². The van der Waals surface area contributed by atoms with Gasteiger partial charge in [0.05, 0.1) is 6.42 Å². The number of amides is 3. The molecule has 0 N–H and O–H groups in total. The molecule has 0 aromatic carbocycles. The first-order chi connectivity index (χ1) is 8.67. The van der Waals surface area contributed by atoms with Gasteiger partial charge in [-0.1, -0.05) is 15.9 Å². The lowest BCUT2D eigenvalue weighted by Gasteiger charge is -2.20. The molecule has 0 aromatic rings. The van der Waals surface area contributed by atoms with E-state index in [1.54, 1.807) is 27.8 Å². The molecule has 1 aliphatic rings. The summed E-state index contributed by atoms with van der Waals surface area (Å²) < 4.78 is 5.14. The normalized spacial score (nSPS) is 20.2. The van der Waals surface area contributed by atoms with Crippen LogP contribution in [0.5, 0.6) is 0 Å². The Balaban J connectivity index is 2.57. The molecule has 0 aromatic heterocycles. The lowest BCUT2D eigenvalue weighted by atomic mass is 10.2. The predicted octanol–water partition coefficient (Wildman–Crippen LogP) is 1.38. The van der Waals surface area contributed by atoms with E-state index in [9.17, 15) is 14.4 Å². The van der Waals surface area contributed by atoms with Gasteiger partial charge in [0.15, 0.2) is 0 Å². The van der Waals surface area contributed by atoms with Crippen molar-refractivity contribution in [1.82, 2.24) is 9.80 Å². The number of imide groups is 1. The van der Waals surface area contributed by atoms with E-state index < -0.39 is 17.6 Å². The molecule has 0 spiro atoms. The molecule has 0 saturated carbocycles. The summed E-state index contributed by atoms with van der Waals surface area (Å²) in [6, 6.07) is -0.871. The zero-order valence-electron chi connectivity index (χ0n) is 11.6. The summed E-state index contributed by atoms with van der Waals surface area (Å²) in [5, 5.41) is 0.386. The summed E-state index contributed by atoms with van der Waals surface area (Å²) in [6.45, 7) is 5.36. The van der Waals surface area contributed by atoms with E-state index in [4.69, 9.17) is 4.74 Å². The monoisotopic (exact) mass is 334 g/mol. The fraction of sp³-hybridized carbons (Fsp3) is 0.750. The number of carbonyl (C=O) groups excluding carboxylic acids is 3. The molecular formula is C12H19BrN2O4.